The number of carbonyl (C=O) groups excluding carboxylic acids is 1. The van der Waals surface area contributed by atoms with E-state index in [0.717, 1.165) is 29.8 Å². The summed E-state index contributed by atoms with van der Waals surface area (Å²) in [5, 5.41) is 21.1. The molecule has 0 bridgehead atoms. The van der Waals surface area contributed by atoms with Gasteiger partial charge in [0, 0.05) is 18.7 Å². The summed E-state index contributed by atoms with van der Waals surface area (Å²) in [6.07, 6.45) is -3.44. The van der Waals surface area contributed by atoms with E-state index in [2.05, 4.69) is 0 Å². The van der Waals surface area contributed by atoms with E-state index in [-0.39, 0.29) is 31.9 Å². The summed E-state index contributed by atoms with van der Waals surface area (Å²) in [5.74, 6) is -1.05. The fraction of sp³-hybridized carbons (Fsp3) is 0.350. The van der Waals surface area contributed by atoms with Crippen LogP contribution in [-0.2, 0) is 35.2 Å². The van der Waals surface area contributed by atoms with Gasteiger partial charge in [-0.05, 0) is 31.0 Å². The highest BCUT2D eigenvalue weighted by molar-refractivity contribution is 7.86. The van der Waals surface area contributed by atoms with Crippen LogP contribution in [0.1, 0.15) is 18.9 Å². The van der Waals surface area contributed by atoms with Crippen LogP contribution in [-0.4, -0.2) is 49.8 Å². The van der Waals surface area contributed by atoms with Crippen molar-refractivity contribution in [1.29, 1.82) is 0 Å². The molecule has 0 spiro atoms. The molecule has 0 saturated carbocycles. The van der Waals surface area contributed by atoms with E-state index in [0.29, 0.717) is 0 Å². The molecule has 2 atom stereocenters. The highest BCUT2D eigenvalue weighted by atomic mass is 32.2. The Morgan fingerprint density at radius 2 is 1.77 bits per heavy atom. The first kappa shape index (κ1) is 24.4. The molecule has 0 amide bonds. The first-order valence-electron chi connectivity index (χ1n) is 9.38. The monoisotopic (exact) mass is 453 g/mol. The number of rotatable bonds is 12. The second kappa shape index (κ2) is 11.5. The van der Waals surface area contributed by atoms with Crippen LogP contribution in [0, 0.1) is 10.1 Å². The molecule has 0 aliphatic carbocycles. The Balaban J connectivity index is 2.04. The maximum atomic E-state index is 12.5. The fourth-order valence-corrected chi connectivity index (χ4v) is 3.59. The van der Waals surface area contributed by atoms with Crippen LogP contribution >= 0.6 is 0 Å². The Morgan fingerprint density at radius 3 is 2.35 bits per heavy atom. The van der Waals surface area contributed by atoms with Crippen molar-refractivity contribution in [3.8, 4) is 0 Å². The summed E-state index contributed by atoms with van der Waals surface area (Å²) in [4.78, 5) is 21.8. The average molecular weight is 453 g/mol. The van der Waals surface area contributed by atoms with Crippen molar-refractivity contribution >= 4 is 21.8 Å². The Bertz CT molecular complexity index is 962. The molecule has 0 aromatic heterocycles. The molecule has 11 heteroatoms. The van der Waals surface area contributed by atoms with Gasteiger partial charge in [0.2, 0.25) is 0 Å². The zero-order valence-electron chi connectivity index (χ0n) is 16.7. The minimum Gasteiger partial charge on any atom is -0.464 e. The van der Waals surface area contributed by atoms with Crippen molar-refractivity contribution in [2.75, 3.05) is 13.2 Å². The predicted molar refractivity (Wildman–Crippen MR) is 109 cm³/mol. The van der Waals surface area contributed by atoms with Gasteiger partial charge in [-0.3, -0.25) is 10.1 Å². The van der Waals surface area contributed by atoms with Gasteiger partial charge in [0.25, 0.3) is 15.8 Å². The van der Waals surface area contributed by atoms with Crippen LogP contribution in [0.5, 0.6) is 0 Å². The highest BCUT2D eigenvalue weighted by Crippen LogP contribution is 2.21. The average Bonchev–Trinajstić information content (AvgIpc) is 2.76. The lowest BCUT2D eigenvalue weighted by atomic mass is 10.1. The number of hydrogen-bond acceptors (Lipinski definition) is 9. The smallest absolute Gasteiger partial charge is 0.339 e. The summed E-state index contributed by atoms with van der Waals surface area (Å²) in [6, 6.07) is 13.2. The van der Waals surface area contributed by atoms with E-state index in [1.165, 1.54) is 6.92 Å². The topological polar surface area (TPSA) is 142 Å². The van der Waals surface area contributed by atoms with Gasteiger partial charge in [0.15, 0.2) is 6.10 Å². The van der Waals surface area contributed by atoms with E-state index in [4.69, 9.17) is 13.7 Å². The molecule has 2 aromatic carbocycles. The standard InChI is InChI=1S/C20H23NO9S/c1-2-29-20(23)19(18(22)12-13-28-14-15-6-4-3-5-7-15)30-31(26,27)17-10-8-16(9-11-17)21(24)25/h3-11,18-19,22H,2,12-14H2,1H3/t18-,19+/m0/s1. The number of non-ortho nitro benzene ring substituents is 1. The van der Waals surface area contributed by atoms with Gasteiger partial charge >= 0.3 is 5.97 Å². The van der Waals surface area contributed by atoms with E-state index in [1.807, 2.05) is 30.3 Å². The molecule has 0 aliphatic heterocycles. The third-order valence-electron chi connectivity index (χ3n) is 4.10. The molecule has 168 valence electrons. The van der Waals surface area contributed by atoms with E-state index >= 15 is 0 Å². The van der Waals surface area contributed by atoms with E-state index in [9.17, 15) is 28.4 Å². The highest BCUT2D eigenvalue weighted by Gasteiger charge is 2.35. The van der Waals surface area contributed by atoms with Crippen molar-refractivity contribution in [2.24, 2.45) is 0 Å². The fourth-order valence-electron chi connectivity index (χ4n) is 2.53. The van der Waals surface area contributed by atoms with Crippen LogP contribution in [0.15, 0.2) is 59.5 Å². The number of benzene rings is 2. The zero-order valence-corrected chi connectivity index (χ0v) is 17.6. The lowest BCUT2D eigenvalue weighted by molar-refractivity contribution is -0.384. The first-order valence-corrected chi connectivity index (χ1v) is 10.8. The predicted octanol–water partition coefficient (Wildman–Crippen LogP) is 2.20. The summed E-state index contributed by atoms with van der Waals surface area (Å²) in [5.41, 5.74) is 0.604. The van der Waals surface area contributed by atoms with Crippen LogP contribution in [0.4, 0.5) is 5.69 Å². The van der Waals surface area contributed by atoms with Crippen molar-refractivity contribution in [3.63, 3.8) is 0 Å². The Morgan fingerprint density at radius 1 is 1.13 bits per heavy atom. The van der Waals surface area contributed by atoms with Gasteiger partial charge in [-0.15, -0.1) is 0 Å². The van der Waals surface area contributed by atoms with Crippen molar-refractivity contribution in [2.45, 2.75) is 37.1 Å². The van der Waals surface area contributed by atoms with E-state index in [1.54, 1.807) is 0 Å². The van der Waals surface area contributed by atoms with Crippen LogP contribution < -0.4 is 0 Å². The van der Waals surface area contributed by atoms with Gasteiger partial charge in [-0.2, -0.15) is 8.42 Å². The molecule has 2 rings (SSSR count). The molecule has 31 heavy (non-hydrogen) atoms. The third kappa shape index (κ3) is 7.40. The number of nitro benzene ring substituents is 1. The molecule has 0 aliphatic rings. The van der Waals surface area contributed by atoms with Crippen molar-refractivity contribution < 1.29 is 36.9 Å². The van der Waals surface area contributed by atoms with Gasteiger partial charge in [0.05, 0.1) is 29.1 Å². The Kier molecular flexibility index (Phi) is 9.06. The zero-order chi connectivity index (χ0) is 22.9. The Labute approximate surface area is 179 Å². The van der Waals surface area contributed by atoms with Crippen molar-refractivity contribution in [3.05, 3.63) is 70.3 Å². The molecule has 0 fully saturated rings. The second-order valence-corrected chi connectivity index (χ2v) is 7.94. The quantitative estimate of drug-likeness (QED) is 0.168. The summed E-state index contributed by atoms with van der Waals surface area (Å²) in [6.45, 7) is 1.79. The maximum Gasteiger partial charge on any atom is 0.339 e. The minimum absolute atomic E-state index is 0.0346. The SMILES string of the molecule is CCOC(=O)[C@H](OS(=O)(=O)c1ccc([N+](=O)[O-])cc1)[C@@H](O)CCOCc1ccccc1. The number of nitrogens with zero attached hydrogens (tertiary/aromatic N) is 1. The van der Waals surface area contributed by atoms with Gasteiger partial charge < -0.3 is 14.6 Å². The minimum atomic E-state index is -4.51. The Hall–Kier alpha value is -2.86. The molecule has 0 radical (unpaired) electrons. The van der Waals surface area contributed by atoms with Crippen LogP contribution in [0.25, 0.3) is 0 Å². The number of carbonyl (C=O) groups is 1. The van der Waals surface area contributed by atoms with Crippen LogP contribution in [0.3, 0.4) is 0 Å². The van der Waals surface area contributed by atoms with Crippen LogP contribution in [0.2, 0.25) is 0 Å². The molecule has 0 unspecified atom stereocenters. The van der Waals surface area contributed by atoms with Gasteiger partial charge in [0.1, 0.15) is 0 Å². The lowest BCUT2D eigenvalue weighted by Crippen LogP contribution is -2.40. The molecule has 0 heterocycles. The normalized spacial score (nSPS) is 13.4. The molecular weight excluding hydrogens is 430 g/mol. The summed E-state index contributed by atoms with van der Waals surface area (Å²) < 4.78 is 40.2. The summed E-state index contributed by atoms with van der Waals surface area (Å²) in [7, 11) is -4.51. The third-order valence-corrected chi connectivity index (χ3v) is 5.41. The van der Waals surface area contributed by atoms with Crippen molar-refractivity contribution in [1.82, 2.24) is 0 Å². The van der Waals surface area contributed by atoms with Gasteiger partial charge in [-0.25, -0.2) is 8.98 Å². The number of nitro groups is 1. The number of hydrogen-bond donors (Lipinski definition) is 1. The number of esters is 1. The lowest BCUT2D eigenvalue weighted by Gasteiger charge is -2.21. The number of aliphatic hydroxyl groups is 1. The largest absolute Gasteiger partial charge is 0.464 e. The summed E-state index contributed by atoms with van der Waals surface area (Å²) >= 11 is 0. The second-order valence-electron chi connectivity index (χ2n) is 6.37. The first-order chi connectivity index (χ1) is 14.7. The van der Waals surface area contributed by atoms with Gasteiger partial charge in [-0.1, -0.05) is 30.3 Å². The molecular formula is C20H23NO9S. The van der Waals surface area contributed by atoms with E-state index < -0.39 is 38.1 Å². The number of ether oxygens (including phenoxy) is 2. The number of aliphatic hydroxyl groups excluding tert-OH is 1. The molecule has 0 saturated heterocycles. The molecule has 2 aromatic rings. The molecule has 1 N–H and O–H groups in total. The maximum absolute atomic E-state index is 12.5. The molecule has 10 nitrogen and oxygen atoms in total.